The molecule has 0 spiro atoms. The van der Waals surface area contributed by atoms with Gasteiger partial charge < -0.3 is 0 Å². The van der Waals surface area contributed by atoms with Crippen molar-refractivity contribution < 1.29 is 0 Å². The lowest BCUT2D eigenvalue weighted by Crippen LogP contribution is -2.14. The van der Waals surface area contributed by atoms with Gasteiger partial charge >= 0.3 is 0 Å². The highest BCUT2D eigenvalue weighted by Crippen LogP contribution is 2.34. The van der Waals surface area contributed by atoms with Gasteiger partial charge in [0.05, 0.1) is 0 Å². The Balaban J connectivity index is 1.53. The molecule has 0 radical (unpaired) electrons. The molecule has 0 bridgehead atoms. The lowest BCUT2D eigenvalue weighted by atomic mass is 9.78. The summed E-state index contributed by atoms with van der Waals surface area (Å²) in [6.45, 7) is 6.08. The van der Waals surface area contributed by atoms with Crippen LogP contribution in [0.2, 0.25) is 0 Å². The van der Waals surface area contributed by atoms with E-state index in [9.17, 15) is 0 Å². The normalized spacial score (nSPS) is 32.6. The van der Waals surface area contributed by atoms with Gasteiger partial charge in [0.2, 0.25) is 0 Å². The van der Waals surface area contributed by atoms with E-state index in [4.69, 9.17) is 0 Å². The maximum Gasteiger partial charge on any atom is -0.0233 e. The van der Waals surface area contributed by atoms with Crippen LogP contribution in [-0.4, -0.2) is 0 Å². The maximum atomic E-state index is 3.94. The Kier molecular flexibility index (Phi) is 8.79. The molecule has 2 rings (SSSR count). The number of hydrogen-bond acceptors (Lipinski definition) is 0. The Bertz CT molecular complexity index is 359. The third kappa shape index (κ3) is 7.10. The van der Waals surface area contributed by atoms with Crippen molar-refractivity contribution in [2.75, 3.05) is 0 Å². The second kappa shape index (κ2) is 10.9. The van der Waals surface area contributed by atoms with E-state index in [0.717, 1.165) is 23.7 Å². The Hall–Kier alpha value is -0.780. The van der Waals surface area contributed by atoms with Gasteiger partial charge in [-0.05, 0) is 82.0 Å². The van der Waals surface area contributed by atoms with Crippen molar-refractivity contribution in [3.05, 3.63) is 37.0 Å². The summed E-state index contributed by atoms with van der Waals surface area (Å²) in [6, 6.07) is 0. The lowest BCUT2D eigenvalue weighted by Gasteiger charge is -2.28. The van der Waals surface area contributed by atoms with Gasteiger partial charge in [-0.25, -0.2) is 0 Å². The fourth-order valence-corrected chi connectivity index (χ4v) is 4.50. The molecule has 2 aliphatic carbocycles. The van der Waals surface area contributed by atoms with Crippen LogP contribution in [-0.2, 0) is 0 Å². The van der Waals surface area contributed by atoms with Crippen molar-refractivity contribution >= 4 is 0 Å². The molecule has 0 amide bonds. The molecule has 23 heavy (non-hydrogen) atoms. The first-order chi connectivity index (χ1) is 11.3. The second-order valence-corrected chi connectivity index (χ2v) is 7.95. The van der Waals surface area contributed by atoms with Crippen LogP contribution in [0.1, 0.15) is 84.0 Å². The summed E-state index contributed by atoms with van der Waals surface area (Å²) >= 11 is 0. The molecule has 130 valence electrons. The summed E-state index contributed by atoms with van der Waals surface area (Å²) in [6.07, 6.45) is 28.6. The van der Waals surface area contributed by atoms with E-state index >= 15 is 0 Å². The number of hydrogen-bond donors (Lipinski definition) is 0. The van der Waals surface area contributed by atoms with Crippen molar-refractivity contribution in [3.63, 3.8) is 0 Å². The maximum absolute atomic E-state index is 3.94. The third-order valence-electron chi connectivity index (χ3n) is 6.24. The van der Waals surface area contributed by atoms with Gasteiger partial charge in [-0.15, -0.1) is 6.58 Å². The van der Waals surface area contributed by atoms with Gasteiger partial charge in [-0.2, -0.15) is 0 Å². The molecular weight excluding hydrogens is 276 g/mol. The van der Waals surface area contributed by atoms with E-state index in [-0.39, 0.29) is 0 Å². The van der Waals surface area contributed by atoms with E-state index in [1.54, 1.807) is 0 Å². The van der Waals surface area contributed by atoms with Gasteiger partial charge in [0.25, 0.3) is 0 Å². The van der Waals surface area contributed by atoms with E-state index in [1.165, 1.54) is 77.0 Å². The number of allylic oxidation sites excluding steroid dienone is 5. The molecule has 0 heterocycles. The molecule has 0 aliphatic heterocycles. The van der Waals surface area contributed by atoms with Gasteiger partial charge in [0, 0.05) is 0 Å². The zero-order chi connectivity index (χ0) is 16.3. The highest BCUT2D eigenvalue weighted by molar-refractivity contribution is 4.94. The Morgan fingerprint density at radius 1 is 0.739 bits per heavy atom. The summed E-state index contributed by atoms with van der Waals surface area (Å²) < 4.78 is 0. The first kappa shape index (κ1) is 18.6. The van der Waals surface area contributed by atoms with Gasteiger partial charge in [0.15, 0.2) is 0 Å². The minimum atomic E-state index is 0.794. The monoisotopic (exact) mass is 314 g/mol. The van der Waals surface area contributed by atoms with Crippen LogP contribution in [0.5, 0.6) is 0 Å². The fraction of sp³-hybridized carbons (Fsp3) is 0.739. The summed E-state index contributed by atoms with van der Waals surface area (Å²) in [7, 11) is 0. The summed E-state index contributed by atoms with van der Waals surface area (Å²) in [5.41, 5.74) is 0. The highest BCUT2D eigenvalue weighted by Gasteiger charge is 2.20. The second-order valence-electron chi connectivity index (χ2n) is 7.95. The molecule has 0 N–H and O–H groups in total. The van der Waals surface area contributed by atoms with E-state index in [1.807, 2.05) is 0 Å². The van der Waals surface area contributed by atoms with Crippen LogP contribution in [0.15, 0.2) is 37.0 Å². The van der Waals surface area contributed by atoms with E-state index in [2.05, 4.69) is 43.9 Å². The van der Waals surface area contributed by atoms with Crippen molar-refractivity contribution in [2.45, 2.75) is 84.0 Å². The SMILES string of the molecule is C=C[C@H]1CC[C@H](/C=C/CC[C@H]2CC[C@H](CC/C=C/C)CC2)CC1. The summed E-state index contributed by atoms with van der Waals surface area (Å²) in [5, 5.41) is 0. The van der Waals surface area contributed by atoms with Crippen molar-refractivity contribution in [3.8, 4) is 0 Å². The van der Waals surface area contributed by atoms with Gasteiger partial charge in [0.1, 0.15) is 0 Å². The minimum Gasteiger partial charge on any atom is -0.103 e. The van der Waals surface area contributed by atoms with Crippen LogP contribution >= 0.6 is 0 Å². The smallest absolute Gasteiger partial charge is 0.0233 e. The Morgan fingerprint density at radius 3 is 1.78 bits per heavy atom. The van der Waals surface area contributed by atoms with Crippen molar-refractivity contribution in [1.82, 2.24) is 0 Å². The molecule has 0 nitrogen and oxygen atoms in total. The molecule has 0 aromatic heterocycles. The molecule has 0 aromatic rings. The molecule has 0 atom stereocenters. The molecule has 0 aromatic carbocycles. The summed E-state index contributed by atoms with van der Waals surface area (Å²) in [5.74, 6) is 3.67. The molecule has 0 saturated heterocycles. The largest absolute Gasteiger partial charge is 0.103 e. The molecule has 2 fully saturated rings. The first-order valence-electron chi connectivity index (χ1n) is 10.2. The molecule has 2 saturated carbocycles. The predicted molar refractivity (Wildman–Crippen MR) is 104 cm³/mol. The summed E-state index contributed by atoms with van der Waals surface area (Å²) in [4.78, 5) is 0. The minimum absolute atomic E-state index is 0.794. The molecular formula is C23H38. The van der Waals surface area contributed by atoms with Gasteiger partial charge in [-0.3, -0.25) is 0 Å². The topological polar surface area (TPSA) is 0 Å². The fourth-order valence-electron chi connectivity index (χ4n) is 4.50. The average molecular weight is 315 g/mol. The van der Waals surface area contributed by atoms with Crippen LogP contribution in [0.25, 0.3) is 0 Å². The zero-order valence-electron chi connectivity index (χ0n) is 15.4. The van der Waals surface area contributed by atoms with Crippen LogP contribution < -0.4 is 0 Å². The Morgan fingerprint density at radius 2 is 1.26 bits per heavy atom. The van der Waals surface area contributed by atoms with Crippen molar-refractivity contribution in [2.24, 2.45) is 23.7 Å². The molecule has 0 heteroatoms. The highest BCUT2D eigenvalue weighted by atomic mass is 14.3. The first-order valence-corrected chi connectivity index (χ1v) is 10.2. The van der Waals surface area contributed by atoms with Gasteiger partial charge in [-0.1, -0.05) is 56.1 Å². The third-order valence-corrected chi connectivity index (χ3v) is 6.24. The van der Waals surface area contributed by atoms with Crippen LogP contribution in [0.4, 0.5) is 0 Å². The Labute approximate surface area is 145 Å². The lowest BCUT2D eigenvalue weighted by molar-refractivity contribution is 0.255. The van der Waals surface area contributed by atoms with Crippen LogP contribution in [0.3, 0.4) is 0 Å². The molecule has 2 aliphatic rings. The van der Waals surface area contributed by atoms with E-state index < -0.39 is 0 Å². The number of rotatable bonds is 8. The van der Waals surface area contributed by atoms with Crippen molar-refractivity contribution in [1.29, 1.82) is 0 Å². The predicted octanol–water partition coefficient (Wildman–Crippen LogP) is 7.48. The average Bonchev–Trinajstić information content (AvgIpc) is 2.61. The van der Waals surface area contributed by atoms with E-state index in [0.29, 0.717) is 0 Å². The zero-order valence-corrected chi connectivity index (χ0v) is 15.4. The van der Waals surface area contributed by atoms with Crippen LogP contribution in [0, 0.1) is 23.7 Å². The quantitative estimate of drug-likeness (QED) is 0.407. The molecule has 0 unspecified atom stereocenters. The standard InChI is InChI=1S/C23H38/c1-3-5-6-9-21-16-18-23(19-17-21)11-8-7-10-22-14-12-20(4-2)13-15-22/h3-5,7,10,20-23H,2,6,8-9,11-19H2,1H3/b5-3+,10-7+/t20-,21-,22-,23-.